The molecule has 0 amide bonds. The molecule has 0 saturated carbocycles. The van der Waals surface area contributed by atoms with Crippen LogP contribution < -0.4 is 4.72 Å². The van der Waals surface area contributed by atoms with Crippen LogP contribution in [0.15, 0.2) is 0 Å². The maximum atomic E-state index is 11.4. The Morgan fingerprint density at radius 1 is 1.60 bits per heavy atom. The highest BCUT2D eigenvalue weighted by atomic mass is 32.2. The van der Waals surface area contributed by atoms with Gasteiger partial charge in [0.05, 0.1) is 0 Å². The predicted octanol–water partition coefficient (Wildman–Crippen LogP) is -0.363. The van der Waals surface area contributed by atoms with Crippen LogP contribution in [0.1, 0.15) is 19.3 Å². The summed E-state index contributed by atoms with van der Waals surface area (Å²) in [4.78, 5) is 10.3. The van der Waals surface area contributed by atoms with Gasteiger partial charge < -0.3 is 5.11 Å². The van der Waals surface area contributed by atoms with Crippen LogP contribution in [0.5, 0.6) is 0 Å². The van der Waals surface area contributed by atoms with E-state index < -0.39 is 16.2 Å². The van der Waals surface area contributed by atoms with E-state index in [1.165, 1.54) is 11.4 Å². The van der Waals surface area contributed by atoms with Gasteiger partial charge in [0.25, 0.3) is 10.2 Å². The number of hydrogen-bond donors (Lipinski definition) is 2. The Hall–Kier alpha value is -0.660. The highest BCUT2D eigenvalue weighted by molar-refractivity contribution is 7.87. The summed E-state index contributed by atoms with van der Waals surface area (Å²) in [5.74, 6) is -0.658. The fourth-order valence-electron chi connectivity index (χ4n) is 1.71. The van der Waals surface area contributed by atoms with Crippen LogP contribution >= 0.6 is 0 Å². The van der Waals surface area contributed by atoms with Crippen LogP contribution in [0.3, 0.4) is 0 Å². The topological polar surface area (TPSA) is 86.7 Å². The van der Waals surface area contributed by atoms with E-state index in [0.29, 0.717) is 19.5 Å². The number of hydrogen-bond acceptors (Lipinski definition) is 3. The normalized spacial score (nSPS) is 23.1. The summed E-state index contributed by atoms with van der Waals surface area (Å²) < 4.78 is 26.4. The molecule has 88 valence electrons. The van der Waals surface area contributed by atoms with Crippen LogP contribution in [0, 0.1) is 5.92 Å². The van der Waals surface area contributed by atoms with E-state index in [9.17, 15) is 13.2 Å². The molecule has 0 aromatic carbocycles. The average molecular weight is 236 g/mol. The number of aliphatic carboxylic acids is 1. The Bertz CT molecular complexity index is 328. The summed E-state index contributed by atoms with van der Waals surface area (Å²) in [6.45, 7) is 0.907. The first-order chi connectivity index (χ1) is 6.95. The van der Waals surface area contributed by atoms with Crippen molar-refractivity contribution in [2.75, 3.05) is 20.1 Å². The number of nitrogens with one attached hydrogen (secondary N) is 1. The maximum absolute atomic E-state index is 11.4. The molecule has 0 aliphatic carbocycles. The fraction of sp³-hybridized carbons (Fsp3) is 0.875. The van der Waals surface area contributed by atoms with E-state index in [-0.39, 0.29) is 12.3 Å². The van der Waals surface area contributed by atoms with E-state index >= 15 is 0 Å². The van der Waals surface area contributed by atoms with E-state index in [1.54, 1.807) is 0 Å². The van der Waals surface area contributed by atoms with Crippen molar-refractivity contribution in [2.24, 2.45) is 5.92 Å². The lowest BCUT2D eigenvalue weighted by Gasteiger charge is -2.14. The SMILES string of the molecule is CNS(=O)(=O)N1CCC(CCC(=O)O)C1. The zero-order valence-electron chi connectivity index (χ0n) is 8.64. The van der Waals surface area contributed by atoms with Crippen molar-refractivity contribution in [1.82, 2.24) is 9.03 Å². The Kier molecular flexibility index (Phi) is 4.06. The molecule has 0 aromatic heterocycles. The van der Waals surface area contributed by atoms with Crippen LogP contribution in [-0.2, 0) is 15.0 Å². The number of carboxylic acids is 1. The molecular formula is C8H16N2O4S. The molecule has 1 saturated heterocycles. The van der Waals surface area contributed by atoms with Gasteiger partial charge in [-0.3, -0.25) is 4.79 Å². The van der Waals surface area contributed by atoms with Gasteiger partial charge in [-0.05, 0) is 18.8 Å². The van der Waals surface area contributed by atoms with Gasteiger partial charge in [-0.15, -0.1) is 0 Å². The molecule has 1 unspecified atom stereocenters. The summed E-state index contributed by atoms with van der Waals surface area (Å²) in [6, 6.07) is 0. The van der Waals surface area contributed by atoms with Gasteiger partial charge in [0.2, 0.25) is 0 Å². The predicted molar refractivity (Wildman–Crippen MR) is 54.5 cm³/mol. The van der Waals surface area contributed by atoms with Gasteiger partial charge in [-0.2, -0.15) is 12.7 Å². The molecule has 15 heavy (non-hydrogen) atoms. The largest absolute Gasteiger partial charge is 0.481 e. The van der Waals surface area contributed by atoms with Crippen molar-refractivity contribution < 1.29 is 18.3 Å². The lowest BCUT2D eigenvalue weighted by Crippen LogP contribution is -2.37. The third kappa shape index (κ3) is 3.44. The lowest BCUT2D eigenvalue weighted by atomic mass is 10.0. The van der Waals surface area contributed by atoms with Gasteiger partial charge in [-0.25, -0.2) is 4.72 Å². The third-order valence-corrected chi connectivity index (χ3v) is 4.14. The van der Waals surface area contributed by atoms with Crippen molar-refractivity contribution in [1.29, 1.82) is 0 Å². The third-order valence-electron chi connectivity index (χ3n) is 2.61. The van der Waals surface area contributed by atoms with E-state index in [4.69, 9.17) is 5.11 Å². The summed E-state index contributed by atoms with van der Waals surface area (Å²) in [7, 11) is -1.96. The molecule has 0 radical (unpaired) electrons. The first-order valence-electron chi connectivity index (χ1n) is 4.86. The average Bonchev–Trinajstić information content (AvgIpc) is 2.63. The number of carboxylic acid groups (broad SMARTS) is 1. The van der Waals surface area contributed by atoms with E-state index in [0.717, 1.165) is 6.42 Å². The molecule has 2 N–H and O–H groups in total. The second-order valence-electron chi connectivity index (χ2n) is 3.65. The quantitative estimate of drug-likeness (QED) is 0.682. The smallest absolute Gasteiger partial charge is 0.303 e. The highest BCUT2D eigenvalue weighted by Gasteiger charge is 2.30. The molecule has 1 rings (SSSR count). The van der Waals surface area contributed by atoms with Crippen LogP contribution in [0.2, 0.25) is 0 Å². The first kappa shape index (κ1) is 12.4. The van der Waals surface area contributed by atoms with Crippen molar-refractivity contribution in [3.05, 3.63) is 0 Å². The zero-order valence-corrected chi connectivity index (χ0v) is 9.46. The van der Waals surface area contributed by atoms with Gasteiger partial charge in [0.1, 0.15) is 0 Å². The van der Waals surface area contributed by atoms with Crippen LogP contribution in [-0.4, -0.2) is 43.9 Å². The fourth-order valence-corrected chi connectivity index (χ4v) is 2.72. The zero-order chi connectivity index (χ0) is 11.5. The van der Waals surface area contributed by atoms with Crippen LogP contribution in [0.4, 0.5) is 0 Å². The number of rotatable bonds is 5. The summed E-state index contributed by atoms with van der Waals surface area (Å²) >= 11 is 0. The number of carbonyl (C=O) groups is 1. The molecule has 0 bridgehead atoms. The summed E-state index contributed by atoms with van der Waals surface area (Å²) in [6.07, 6.45) is 1.40. The van der Waals surface area contributed by atoms with E-state index in [2.05, 4.69) is 4.72 Å². The van der Waals surface area contributed by atoms with Gasteiger partial charge >= 0.3 is 5.97 Å². The Morgan fingerprint density at radius 3 is 2.80 bits per heavy atom. The van der Waals surface area contributed by atoms with Crippen molar-refractivity contribution in [3.63, 3.8) is 0 Å². The molecule has 1 heterocycles. The highest BCUT2D eigenvalue weighted by Crippen LogP contribution is 2.22. The molecule has 6 nitrogen and oxygen atoms in total. The Balaban J connectivity index is 2.43. The number of nitrogens with zero attached hydrogens (tertiary/aromatic N) is 1. The van der Waals surface area contributed by atoms with Gasteiger partial charge in [0, 0.05) is 26.6 Å². The van der Waals surface area contributed by atoms with Crippen LogP contribution in [0.25, 0.3) is 0 Å². The monoisotopic (exact) mass is 236 g/mol. The lowest BCUT2D eigenvalue weighted by molar-refractivity contribution is -0.137. The standard InChI is InChI=1S/C8H16N2O4S/c1-9-15(13,14)10-5-4-7(6-10)2-3-8(11)12/h7,9H,2-6H2,1H3,(H,11,12). The summed E-state index contributed by atoms with van der Waals surface area (Å²) in [5.41, 5.74) is 0. The minimum Gasteiger partial charge on any atom is -0.481 e. The minimum absolute atomic E-state index is 0.109. The molecule has 0 spiro atoms. The summed E-state index contributed by atoms with van der Waals surface area (Å²) in [5, 5.41) is 8.50. The molecular weight excluding hydrogens is 220 g/mol. The Labute approximate surface area is 89.4 Å². The molecule has 1 aliphatic rings. The maximum Gasteiger partial charge on any atom is 0.303 e. The van der Waals surface area contributed by atoms with Crippen molar-refractivity contribution in [2.45, 2.75) is 19.3 Å². The second-order valence-corrected chi connectivity index (χ2v) is 5.53. The van der Waals surface area contributed by atoms with Gasteiger partial charge in [-0.1, -0.05) is 0 Å². The molecule has 1 fully saturated rings. The molecule has 0 aromatic rings. The molecule has 7 heteroatoms. The molecule has 1 atom stereocenters. The second kappa shape index (κ2) is 4.91. The van der Waals surface area contributed by atoms with Gasteiger partial charge in [0.15, 0.2) is 0 Å². The Morgan fingerprint density at radius 2 is 2.27 bits per heavy atom. The van der Waals surface area contributed by atoms with Crippen molar-refractivity contribution in [3.8, 4) is 0 Å². The minimum atomic E-state index is -3.33. The first-order valence-corrected chi connectivity index (χ1v) is 6.30. The van der Waals surface area contributed by atoms with Crippen molar-refractivity contribution >= 4 is 16.2 Å². The van der Waals surface area contributed by atoms with E-state index in [1.807, 2.05) is 0 Å². The molecule has 1 aliphatic heterocycles.